The van der Waals surface area contributed by atoms with Gasteiger partial charge in [-0.15, -0.1) is 10.2 Å². The van der Waals surface area contributed by atoms with Crippen LogP contribution in [0.1, 0.15) is 31.7 Å². The Hall–Kier alpha value is -4.11. The van der Waals surface area contributed by atoms with Crippen molar-refractivity contribution in [2.75, 3.05) is 32.5 Å². The highest BCUT2D eigenvalue weighted by Gasteiger charge is 2.29. The summed E-state index contributed by atoms with van der Waals surface area (Å²) in [7, 11) is 1.65. The van der Waals surface area contributed by atoms with Crippen LogP contribution in [0.5, 0.6) is 5.75 Å². The summed E-state index contributed by atoms with van der Waals surface area (Å²) in [4.78, 5) is 29.7. The van der Waals surface area contributed by atoms with E-state index in [2.05, 4.69) is 26.9 Å². The van der Waals surface area contributed by atoms with E-state index in [4.69, 9.17) is 4.74 Å². The molecule has 2 amide bonds. The third-order valence-corrected chi connectivity index (χ3v) is 8.55. The predicted molar refractivity (Wildman–Crippen MR) is 166 cm³/mol. The van der Waals surface area contributed by atoms with Crippen molar-refractivity contribution in [2.45, 2.75) is 43.8 Å². The van der Waals surface area contributed by atoms with E-state index in [1.165, 1.54) is 5.56 Å². The van der Waals surface area contributed by atoms with Crippen LogP contribution >= 0.6 is 11.8 Å². The molecule has 0 radical (unpaired) electrons. The third kappa shape index (κ3) is 7.20. The normalized spacial score (nSPS) is 15.0. The van der Waals surface area contributed by atoms with Crippen molar-refractivity contribution >= 4 is 23.6 Å². The van der Waals surface area contributed by atoms with Crippen LogP contribution in [0.15, 0.2) is 90.1 Å². The van der Waals surface area contributed by atoms with Crippen LogP contribution in [0.4, 0.5) is 0 Å². The van der Waals surface area contributed by atoms with E-state index in [9.17, 15) is 9.59 Å². The molecule has 5 rings (SSSR count). The monoisotopic (exact) mass is 583 g/mol. The molecule has 218 valence electrons. The number of thioether (sulfide) groups is 1. The maximum Gasteiger partial charge on any atom is 0.223 e. The van der Waals surface area contributed by atoms with Gasteiger partial charge in [0, 0.05) is 55.5 Å². The van der Waals surface area contributed by atoms with Gasteiger partial charge in [0.15, 0.2) is 11.0 Å². The van der Waals surface area contributed by atoms with Gasteiger partial charge in [0.2, 0.25) is 11.8 Å². The first kappa shape index (κ1) is 29.4. The minimum absolute atomic E-state index is 0.0137. The van der Waals surface area contributed by atoms with E-state index < -0.39 is 0 Å². The Balaban J connectivity index is 1.13. The number of carbonyl (C=O) groups is 2. The first-order valence-electron chi connectivity index (χ1n) is 14.4. The van der Waals surface area contributed by atoms with Crippen LogP contribution in [-0.4, -0.2) is 74.9 Å². The number of piperazine rings is 1. The Kier molecular flexibility index (Phi) is 9.92. The number of carbonyl (C=O) groups excluding carboxylic acids is 2. The maximum absolute atomic E-state index is 13.0. The molecule has 0 spiro atoms. The van der Waals surface area contributed by atoms with Crippen molar-refractivity contribution in [3.63, 3.8) is 0 Å². The van der Waals surface area contributed by atoms with E-state index in [1.54, 1.807) is 18.9 Å². The smallest absolute Gasteiger partial charge is 0.223 e. The number of hydrogen-bond donors (Lipinski definition) is 0. The molecule has 1 aliphatic heterocycles. The van der Waals surface area contributed by atoms with Crippen molar-refractivity contribution in [3.8, 4) is 22.8 Å². The number of amides is 2. The van der Waals surface area contributed by atoms with Gasteiger partial charge < -0.3 is 14.5 Å². The molecule has 4 aromatic rings. The largest absolute Gasteiger partial charge is 0.497 e. The van der Waals surface area contributed by atoms with E-state index in [0.717, 1.165) is 46.6 Å². The third-order valence-electron chi connectivity index (χ3n) is 7.53. The zero-order valence-electron chi connectivity index (χ0n) is 24.2. The Morgan fingerprint density at radius 1 is 0.881 bits per heavy atom. The Morgan fingerprint density at radius 2 is 1.60 bits per heavy atom. The maximum atomic E-state index is 13.0. The molecule has 1 saturated heterocycles. The second kappa shape index (κ2) is 14.2. The molecule has 0 aliphatic carbocycles. The average Bonchev–Trinajstić information content (AvgIpc) is 3.46. The van der Waals surface area contributed by atoms with Crippen molar-refractivity contribution in [1.29, 1.82) is 0 Å². The fourth-order valence-electron chi connectivity index (χ4n) is 5.24. The number of methoxy groups -OCH3 is 1. The molecule has 1 atom stereocenters. The van der Waals surface area contributed by atoms with Gasteiger partial charge in [-0.2, -0.15) is 0 Å². The van der Waals surface area contributed by atoms with Crippen LogP contribution in [-0.2, 0) is 16.0 Å². The van der Waals surface area contributed by atoms with Crippen LogP contribution < -0.4 is 4.74 Å². The van der Waals surface area contributed by atoms with Crippen molar-refractivity contribution < 1.29 is 14.3 Å². The summed E-state index contributed by atoms with van der Waals surface area (Å²) in [5.41, 5.74) is 3.10. The number of ether oxygens (including phenoxy) is 1. The topological polar surface area (TPSA) is 80.6 Å². The second-order valence-corrected chi connectivity index (χ2v) is 11.5. The van der Waals surface area contributed by atoms with Gasteiger partial charge in [0.05, 0.1) is 7.11 Å². The standard InChI is InChI=1S/C33H37N5O3S/c1-25-24-36(21-22-37(25)31(40)20-15-26-10-5-3-6-11-26)30(39)14-9-23-42-33-35-34-32(27-12-7-4-8-13-27)38(33)28-16-18-29(41-2)19-17-28/h3-8,10-13,16-19,25H,9,14-15,20-24H2,1-2H3. The Morgan fingerprint density at radius 3 is 2.29 bits per heavy atom. The van der Waals surface area contributed by atoms with Gasteiger partial charge in [-0.3, -0.25) is 14.2 Å². The van der Waals surface area contributed by atoms with Crippen molar-refractivity contribution in [3.05, 3.63) is 90.5 Å². The number of hydrogen-bond acceptors (Lipinski definition) is 6. The second-order valence-electron chi connectivity index (χ2n) is 10.4. The van der Waals surface area contributed by atoms with Gasteiger partial charge in [0.1, 0.15) is 5.75 Å². The summed E-state index contributed by atoms with van der Waals surface area (Å²) in [6.07, 6.45) is 2.42. The Labute approximate surface area is 251 Å². The number of nitrogens with zero attached hydrogens (tertiary/aromatic N) is 5. The highest BCUT2D eigenvalue weighted by molar-refractivity contribution is 7.99. The zero-order chi connectivity index (χ0) is 29.3. The van der Waals surface area contributed by atoms with Crippen molar-refractivity contribution in [2.24, 2.45) is 0 Å². The number of benzene rings is 3. The quantitative estimate of drug-likeness (QED) is 0.171. The summed E-state index contributed by atoms with van der Waals surface area (Å²) in [5.74, 6) is 2.59. The molecular formula is C33H37N5O3S. The molecular weight excluding hydrogens is 546 g/mol. The van der Waals surface area contributed by atoms with Gasteiger partial charge >= 0.3 is 0 Å². The van der Waals surface area contributed by atoms with Gasteiger partial charge in [-0.05, 0) is 49.6 Å². The van der Waals surface area contributed by atoms with Crippen LogP contribution in [0.2, 0.25) is 0 Å². The molecule has 2 heterocycles. The van der Waals surface area contributed by atoms with E-state index >= 15 is 0 Å². The lowest BCUT2D eigenvalue weighted by Crippen LogP contribution is -2.55. The molecule has 1 aliphatic rings. The lowest BCUT2D eigenvalue weighted by atomic mass is 10.1. The van der Waals surface area contributed by atoms with E-state index in [1.807, 2.05) is 89.5 Å². The summed E-state index contributed by atoms with van der Waals surface area (Å²) >= 11 is 1.60. The summed E-state index contributed by atoms with van der Waals surface area (Å²) in [6.45, 7) is 3.78. The summed E-state index contributed by atoms with van der Waals surface area (Å²) in [6, 6.07) is 27.9. The molecule has 0 bridgehead atoms. The highest BCUT2D eigenvalue weighted by Crippen LogP contribution is 2.29. The summed E-state index contributed by atoms with van der Waals surface area (Å²) in [5, 5.41) is 9.79. The number of rotatable bonds is 11. The van der Waals surface area contributed by atoms with Gasteiger partial charge in [-0.1, -0.05) is 72.4 Å². The highest BCUT2D eigenvalue weighted by atomic mass is 32.2. The van der Waals surface area contributed by atoms with E-state index in [0.29, 0.717) is 32.5 Å². The average molecular weight is 584 g/mol. The zero-order valence-corrected chi connectivity index (χ0v) is 25.0. The molecule has 1 unspecified atom stereocenters. The molecule has 42 heavy (non-hydrogen) atoms. The molecule has 0 N–H and O–H groups in total. The van der Waals surface area contributed by atoms with Crippen LogP contribution in [0.3, 0.4) is 0 Å². The lowest BCUT2D eigenvalue weighted by Gasteiger charge is -2.40. The summed E-state index contributed by atoms with van der Waals surface area (Å²) < 4.78 is 7.39. The fourth-order valence-corrected chi connectivity index (χ4v) is 6.13. The predicted octanol–water partition coefficient (Wildman–Crippen LogP) is 5.51. The lowest BCUT2D eigenvalue weighted by molar-refractivity contribution is -0.142. The minimum atomic E-state index is 0.0137. The van der Waals surface area contributed by atoms with Crippen LogP contribution in [0, 0.1) is 0 Å². The Bertz CT molecular complexity index is 1460. The minimum Gasteiger partial charge on any atom is -0.497 e. The van der Waals surface area contributed by atoms with Gasteiger partial charge in [-0.25, -0.2) is 0 Å². The first-order valence-corrected chi connectivity index (χ1v) is 15.4. The first-order chi connectivity index (χ1) is 20.5. The molecule has 8 nitrogen and oxygen atoms in total. The van der Waals surface area contributed by atoms with Crippen molar-refractivity contribution in [1.82, 2.24) is 24.6 Å². The SMILES string of the molecule is COc1ccc(-n2c(SCCCC(=O)N3CCN(C(=O)CCc4ccccc4)C(C)C3)nnc2-c2ccccc2)cc1. The molecule has 3 aromatic carbocycles. The van der Waals surface area contributed by atoms with Gasteiger partial charge in [0.25, 0.3) is 0 Å². The van der Waals surface area contributed by atoms with Crippen LogP contribution in [0.25, 0.3) is 17.1 Å². The fraction of sp³-hybridized carbons (Fsp3) is 0.333. The molecule has 1 aromatic heterocycles. The number of aromatic nitrogens is 3. The molecule has 1 fully saturated rings. The molecule has 9 heteroatoms. The molecule has 0 saturated carbocycles. The van der Waals surface area contributed by atoms with E-state index in [-0.39, 0.29) is 17.9 Å². The number of aryl methyl sites for hydroxylation is 1.